The molecule has 0 aliphatic carbocycles. The molecule has 0 spiro atoms. The first-order chi connectivity index (χ1) is 8.39. The summed E-state index contributed by atoms with van der Waals surface area (Å²) in [5.41, 5.74) is 1.62. The second-order valence-electron chi connectivity index (χ2n) is 4.77. The molecule has 0 saturated carbocycles. The van der Waals surface area contributed by atoms with Crippen LogP contribution in [0.1, 0.15) is 23.7 Å². The predicted molar refractivity (Wildman–Crippen MR) is 71.9 cm³/mol. The number of carbonyl (C=O) groups excluding carboxylic acids is 1. The predicted octanol–water partition coefficient (Wildman–Crippen LogP) is 1.51. The topological polar surface area (TPSA) is 54.5 Å². The molecule has 1 aromatic carbocycles. The molecule has 0 amide bonds. The molecule has 1 aromatic rings. The lowest BCUT2D eigenvalue weighted by molar-refractivity contribution is 0.101. The van der Waals surface area contributed by atoms with E-state index >= 15 is 0 Å². The molecule has 0 radical (unpaired) electrons. The van der Waals surface area contributed by atoms with Crippen molar-refractivity contribution in [1.29, 1.82) is 0 Å². The van der Waals surface area contributed by atoms with Gasteiger partial charge in [-0.05, 0) is 37.6 Å². The quantitative estimate of drug-likeness (QED) is 0.779. The Morgan fingerprint density at radius 1 is 1.28 bits per heavy atom. The van der Waals surface area contributed by atoms with Gasteiger partial charge in [0.25, 0.3) is 0 Å². The Hall–Kier alpha value is -1.36. The summed E-state index contributed by atoms with van der Waals surface area (Å²) in [6, 6.07) is 7.32. The fraction of sp³-hybridized carbons (Fsp3) is 0.462. The number of anilines is 1. The first-order valence-corrected chi connectivity index (χ1v) is 7.75. The third-order valence-corrected chi connectivity index (χ3v) is 5.19. The second-order valence-corrected chi connectivity index (χ2v) is 7.00. The van der Waals surface area contributed by atoms with Gasteiger partial charge in [-0.25, -0.2) is 8.42 Å². The van der Waals surface area contributed by atoms with E-state index in [-0.39, 0.29) is 23.3 Å². The molecule has 18 heavy (non-hydrogen) atoms. The molecule has 1 heterocycles. The van der Waals surface area contributed by atoms with Crippen LogP contribution in [0.4, 0.5) is 5.69 Å². The van der Waals surface area contributed by atoms with Crippen LogP contribution in [0.3, 0.4) is 0 Å². The Kier molecular flexibility index (Phi) is 3.43. The van der Waals surface area contributed by atoms with Gasteiger partial charge in [0.05, 0.1) is 11.5 Å². The minimum absolute atomic E-state index is 0.0349. The zero-order valence-corrected chi connectivity index (χ0v) is 11.4. The molecule has 1 atom stereocenters. The SMILES string of the molecule is CC(=O)c1ccc(N(C)C2CCS(=O)(=O)C2)cc1. The Labute approximate surface area is 108 Å². The van der Waals surface area contributed by atoms with Crippen LogP contribution in [0.2, 0.25) is 0 Å². The third kappa shape index (κ3) is 2.72. The lowest BCUT2D eigenvalue weighted by Gasteiger charge is -2.25. The largest absolute Gasteiger partial charge is 0.371 e. The summed E-state index contributed by atoms with van der Waals surface area (Å²) in [4.78, 5) is 13.2. The number of carbonyl (C=O) groups is 1. The molecule has 98 valence electrons. The summed E-state index contributed by atoms with van der Waals surface area (Å²) in [6.45, 7) is 1.53. The molecule has 1 aliphatic rings. The van der Waals surface area contributed by atoms with E-state index in [0.717, 1.165) is 5.69 Å². The number of sulfone groups is 1. The Bertz CT molecular complexity index is 548. The Morgan fingerprint density at radius 2 is 1.89 bits per heavy atom. The highest BCUT2D eigenvalue weighted by molar-refractivity contribution is 7.91. The Balaban J connectivity index is 2.14. The van der Waals surface area contributed by atoms with Crippen molar-refractivity contribution in [2.24, 2.45) is 0 Å². The number of nitrogens with zero attached hydrogens (tertiary/aromatic N) is 1. The van der Waals surface area contributed by atoms with E-state index in [2.05, 4.69) is 0 Å². The second kappa shape index (κ2) is 4.72. The van der Waals surface area contributed by atoms with Crippen molar-refractivity contribution < 1.29 is 13.2 Å². The van der Waals surface area contributed by atoms with Gasteiger partial charge < -0.3 is 4.90 Å². The lowest BCUT2D eigenvalue weighted by atomic mass is 10.1. The molecule has 1 unspecified atom stereocenters. The molecule has 1 saturated heterocycles. The van der Waals surface area contributed by atoms with Crippen molar-refractivity contribution in [2.45, 2.75) is 19.4 Å². The normalized spacial score (nSPS) is 21.8. The smallest absolute Gasteiger partial charge is 0.159 e. The van der Waals surface area contributed by atoms with E-state index in [1.807, 2.05) is 24.1 Å². The van der Waals surface area contributed by atoms with Gasteiger partial charge in [0.15, 0.2) is 15.6 Å². The average molecular weight is 267 g/mol. The van der Waals surface area contributed by atoms with Crippen LogP contribution in [-0.2, 0) is 9.84 Å². The molecule has 0 aromatic heterocycles. The number of ketones is 1. The maximum atomic E-state index is 11.4. The van der Waals surface area contributed by atoms with Gasteiger partial charge >= 0.3 is 0 Å². The van der Waals surface area contributed by atoms with Crippen molar-refractivity contribution in [2.75, 3.05) is 23.5 Å². The van der Waals surface area contributed by atoms with Crippen molar-refractivity contribution in [3.8, 4) is 0 Å². The first kappa shape index (κ1) is 13.1. The molecule has 4 nitrogen and oxygen atoms in total. The van der Waals surface area contributed by atoms with Crippen molar-refractivity contribution >= 4 is 21.3 Å². The fourth-order valence-electron chi connectivity index (χ4n) is 2.22. The summed E-state index contributed by atoms with van der Waals surface area (Å²) in [5.74, 6) is 0.526. The fourth-order valence-corrected chi connectivity index (χ4v) is 4.00. The number of hydrogen-bond donors (Lipinski definition) is 0. The van der Waals surface area contributed by atoms with E-state index in [4.69, 9.17) is 0 Å². The summed E-state index contributed by atoms with van der Waals surface area (Å²) in [6.07, 6.45) is 0.674. The molecule has 5 heteroatoms. The van der Waals surface area contributed by atoms with Gasteiger partial charge in [0.2, 0.25) is 0 Å². The van der Waals surface area contributed by atoms with E-state index < -0.39 is 9.84 Å². The maximum absolute atomic E-state index is 11.4. The van der Waals surface area contributed by atoms with Gasteiger partial charge in [-0.15, -0.1) is 0 Å². The molecule has 0 N–H and O–H groups in total. The highest BCUT2D eigenvalue weighted by Crippen LogP contribution is 2.23. The highest BCUT2D eigenvalue weighted by atomic mass is 32.2. The minimum Gasteiger partial charge on any atom is -0.371 e. The first-order valence-electron chi connectivity index (χ1n) is 5.93. The average Bonchev–Trinajstić information content (AvgIpc) is 2.69. The molecular weight excluding hydrogens is 250 g/mol. The van der Waals surface area contributed by atoms with E-state index in [1.54, 1.807) is 12.1 Å². The summed E-state index contributed by atoms with van der Waals surface area (Å²) >= 11 is 0. The van der Waals surface area contributed by atoms with Gasteiger partial charge in [-0.3, -0.25) is 4.79 Å². The number of hydrogen-bond acceptors (Lipinski definition) is 4. The van der Waals surface area contributed by atoms with E-state index in [0.29, 0.717) is 12.0 Å². The summed E-state index contributed by atoms with van der Waals surface area (Å²) in [7, 11) is -0.969. The van der Waals surface area contributed by atoms with Crippen LogP contribution < -0.4 is 4.90 Å². The van der Waals surface area contributed by atoms with Crippen LogP contribution in [0.25, 0.3) is 0 Å². The molecule has 2 rings (SSSR count). The standard InChI is InChI=1S/C13H17NO3S/c1-10(15)11-3-5-12(6-4-11)14(2)13-7-8-18(16,17)9-13/h3-6,13H,7-9H2,1-2H3. The Morgan fingerprint density at radius 3 is 2.33 bits per heavy atom. The van der Waals surface area contributed by atoms with Gasteiger partial charge in [-0.1, -0.05) is 0 Å². The van der Waals surface area contributed by atoms with Gasteiger partial charge in [0, 0.05) is 24.3 Å². The summed E-state index contributed by atoms with van der Waals surface area (Å²) < 4.78 is 22.9. The molecule has 1 fully saturated rings. The lowest BCUT2D eigenvalue weighted by Crippen LogP contribution is -2.32. The highest BCUT2D eigenvalue weighted by Gasteiger charge is 2.30. The number of benzene rings is 1. The maximum Gasteiger partial charge on any atom is 0.159 e. The van der Waals surface area contributed by atoms with Gasteiger partial charge in [-0.2, -0.15) is 0 Å². The van der Waals surface area contributed by atoms with Crippen LogP contribution >= 0.6 is 0 Å². The van der Waals surface area contributed by atoms with E-state index in [1.165, 1.54) is 6.92 Å². The molecule has 0 bridgehead atoms. The number of Topliss-reactive ketones (excluding diaryl/α,β-unsaturated/α-hetero) is 1. The summed E-state index contributed by atoms with van der Waals surface area (Å²) in [5, 5.41) is 0. The zero-order chi connectivity index (χ0) is 13.3. The molecular formula is C13H17NO3S. The molecule has 1 aliphatic heterocycles. The minimum atomic E-state index is -2.87. The van der Waals surface area contributed by atoms with E-state index in [9.17, 15) is 13.2 Å². The van der Waals surface area contributed by atoms with Crippen molar-refractivity contribution in [1.82, 2.24) is 0 Å². The van der Waals surface area contributed by atoms with Gasteiger partial charge in [0.1, 0.15) is 0 Å². The number of rotatable bonds is 3. The monoisotopic (exact) mass is 267 g/mol. The third-order valence-electron chi connectivity index (χ3n) is 3.44. The van der Waals surface area contributed by atoms with Crippen LogP contribution in [0.15, 0.2) is 24.3 Å². The van der Waals surface area contributed by atoms with Crippen LogP contribution in [-0.4, -0.2) is 38.8 Å². The van der Waals surface area contributed by atoms with Crippen LogP contribution in [0, 0.1) is 0 Å². The zero-order valence-electron chi connectivity index (χ0n) is 10.6. The van der Waals surface area contributed by atoms with Crippen LogP contribution in [0.5, 0.6) is 0 Å². The van der Waals surface area contributed by atoms with Crippen molar-refractivity contribution in [3.63, 3.8) is 0 Å². The van der Waals surface area contributed by atoms with Crippen molar-refractivity contribution in [3.05, 3.63) is 29.8 Å².